The minimum absolute atomic E-state index is 0.0630. The highest BCUT2D eigenvalue weighted by molar-refractivity contribution is 7.89. The van der Waals surface area contributed by atoms with Gasteiger partial charge in [-0.15, -0.1) is 0 Å². The molecular formula is C22H20N4O3S. The average molecular weight is 420 g/mol. The molecule has 8 heteroatoms. The first-order valence-electron chi connectivity index (χ1n) is 9.72. The normalized spacial score (nSPS) is 22.1. The van der Waals surface area contributed by atoms with E-state index >= 15 is 0 Å². The van der Waals surface area contributed by atoms with E-state index in [1.807, 2.05) is 6.07 Å². The number of amides is 1. The smallest absolute Gasteiger partial charge is 0.243 e. The van der Waals surface area contributed by atoms with Crippen LogP contribution in [0.3, 0.4) is 0 Å². The van der Waals surface area contributed by atoms with Crippen LogP contribution in [0.2, 0.25) is 0 Å². The summed E-state index contributed by atoms with van der Waals surface area (Å²) >= 11 is 0. The van der Waals surface area contributed by atoms with Gasteiger partial charge < -0.3 is 4.90 Å². The van der Waals surface area contributed by atoms with E-state index in [9.17, 15) is 13.2 Å². The van der Waals surface area contributed by atoms with Gasteiger partial charge in [0.2, 0.25) is 15.9 Å². The monoisotopic (exact) mass is 420 g/mol. The number of rotatable bonds is 3. The van der Waals surface area contributed by atoms with E-state index < -0.39 is 15.4 Å². The van der Waals surface area contributed by atoms with Crippen molar-refractivity contribution in [2.45, 2.75) is 24.2 Å². The molecule has 0 saturated carbocycles. The maximum absolute atomic E-state index is 13.3. The lowest BCUT2D eigenvalue weighted by Crippen LogP contribution is -2.49. The summed E-state index contributed by atoms with van der Waals surface area (Å²) in [4.78, 5) is 15.2. The largest absolute Gasteiger partial charge is 0.312 e. The van der Waals surface area contributed by atoms with Crippen molar-refractivity contribution in [3.63, 3.8) is 0 Å². The first-order chi connectivity index (χ1) is 14.4. The molecule has 7 nitrogen and oxygen atoms in total. The van der Waals surface area contributed by atoms with Crippen LogP contribution < -0.4 is 4.90 Å². The van der Waals surface area contributed by atoms with E-state index in [0.717, 1.165) is 5.69 Å². The standard InChI is InChI=1S/C22H20N4O3S/c23-14-17-2-6-19(7-3-17)26-13-11-22(21(26)27)10-1-12-25(16-22)30(28,29)20-8-4-18(15-24)5-9-20/h2-9H,1,10-13,16H2. The summed E-state index contributed by atoms with van der Waals surface area (Å²) in [6.07, 6.45) is 1.85. The van der Waals surface area contributed by atoms with E-state index in [4.69, 9.17) is 10.5 Å². The number of nitriles is 2. The van der Waals surface area contributed by atoms with Gasteiger partial charge in [-0.2, -0.15) is 14.8 Å². The number of hydrogen-bond donors (Lipinski definition) is 0. The lowest BCUT2D eigenvalue weighted by molar-refractivity contribution is -0.127. The van der Waals surface area contributed by atoms with Crippen molar-refractivity contribution in [2.24, 2.45) is 5.41 Å². The van der Waals surface area contributed by atoms with Gasteiger partial charge in [0, 0.05) is 25.3 Å². The van der Waals surface area contributed by atoms with Gasteiger partial charge in [0.15, 0.2) is 0 Å². The summed E-state index contributed by atoms with van der Waals surface area (Å²) in [5.41, 5.74) is 0.916. The quantitative estimate of drug-likeness (QED) is 0.759. The van der Waals surface area contributed by atoms with E-state index in [-0.39, 0.29) is 17.3 Å². The molecule has 0 bridgehead atoms. The Balaban J connectivity index is 1.57. The Labute approximate surface area is 175 Å². The Hall–Kier alpha value is -3.20. The van der Waals surface area contributed by atoms with E-state index in [2.05, 4.69) is 6.07 Å². The molecule has 2 aromatic carbocycles. The number of carbonyl (C=O) groups is 1. The third-order valence-electron chi connectivity index (χ3n) is 5.98. The molecular weight excluding hydrogens is 400 g/mol. The van der Waals surface area contributed by atoms with Crippen LogP contribution in [-0.4, -0.2) is 38.3 Å². The van der Waals surface area contributed by atoms with Crippen LogP contribution in [-0.2, 0) is 14.8 Å². The van der Waals surface area contributed by atoms with Gasteiger partial charge in [0.25, 0.3) is 0 Å². The highest BCUT2D eigenvalue weighted by atomic mass is 32.2. The third-order valence-corrected chi connectivity index (χ3v) is 7.84. The van der Waals surface area contributed by atoms with Gasteiger partial charge in [-0.3, -0.25) is 4.79 Å². The molecule has 2 saturated heterocycles. The molecule has 2 fully saturated rings. The topological polar surface area (TPSA) is 105 Å². The molecule has 2 aromatic rings. The lowest BCUT2D eigenvalue weighted by Gasteiger charge is -2.38. The van der Waals surface area contributed by atoms with Crippen LogP contribution in [0.1, 0.15) is 30.4 Å². The third kappa shape index (κ3) is 3.35. The summed E-state index contributed by atoms with van der Waals surface area (Å²) in [6.45, 7) is 1.05. The van der Waals surface area contributed by atoms with E-state index in [0.29, 0.717) is 43.5 Å². The molecule has 2 aliphatic rings. The number of nitrogens with zero attached hydrogens (tertiary/aromatic N) is 4. The number of piperidine rings is 1. The number of carbonyl (C=O) groups excluding carboxylic acids is 1. The molecule has 30 heavy (non-hydrogen) atoms. The summed E-state index contributed by atoms with van der Waals surface area (Å²) in [7, 11) is -3.75. The summed E-state index contributed by atoms with van der Waals surface area (Å²) in [5.74, 6) is -0.0630. The number of hydrogen-bond acceptors (Lipinski definition) is 5. The van der Waals surface area contributed by atoms with Crippen molar-refractivity contribution < 1.29 is 13.2 Å². The zero-order valence-corrected chi connectivity index (χ0v) is 17.1. The van der Waals surface area contributed by atoms with E-state index in [1.54, 1.807) is 29.2 Å². The van der Waals surface area contributed by atoms with Crippen molar-refractivity contribution >= 4 is 21.6 Å². The maximum Gasteiger partial charge on any atom is 0.243 e. The molecule has 2 heterocycles. The minimum atomic E-state index is -3.75. The lowest BCUT2D eigenvalue weighted by atomic mass is 9.79. The fourth-order valence-electron chi connectivity index (χ4n) is 4.31. The molecule has 4 rings (SSSR count). The molecule has 1 unspecified atom stereocenters. The van der Waals surface area contributed by atoms with Gasteiger partial charge >= 0.3 is 0 Å². The van der Waals surface area contributed by atoms with Crippen molar-refractivity contribution in [3.05, 3.63) is 59.7 Å². The van der Waals surface area contributed by atoms with Crippen LogP contribution in [0.15, 0.2) is 53.4 Å². The number of anilines is 1. The molecule has 0 radical (unpaired) electrons. The highest BCUT2D eigenvalue weighted by Crippen LogP contribution is 2.43. The van der Waals surface area contributed by atoms with Gasteiger partial charge in [-0.05, 0) is 67.8 Å². The van der Waals surface area contributed by atoms with Crippen LogP contribution in [0, 0.1) is 28.1 Å². The van der Waals surface area contributed by atoms with Gasteiger partial charge in [0.1, 0.15) is 0 Å². The molecule has 0 N–H and O–H groups in total. The second-order valence-corrected chi connectivity index (χ2v) is 9.66. The van der Waals surface area contributed by atoms with E-state index in [1.165, 1.54) is 28.6 Å². The molecule has 0 aliphatic carbocycles. The summed E-state index contributed by atoms with van der Waals surface area (Å²) < 4.78 is 27.7. The van der Waals surface area contributed by atoms with Crippen LogP contribution in [0.25, 0.3) is 0 Å². The van der Waals surface area contributed by atoms with Gasteiger partial charge in [0.05, 0.1) is 33.6 Å². The Kier molecular flexibility index (Phi) is 5.07. The first-order valence-corrected chi connectivity index (χ1v) is 11.2. The van der Waals surface area contributed by atoms with Crippen molar-refractivity contribution in [2.75, 3.05) is 24.5 Å². The zero-order chi connectivity index (χ0) is 21.4. The van der Waals surface area contributed by atoms with Crippen molar-refractivity contribution in [3.8, 4) is 12.1 Å². The molecule has 1 spiro atoms. The Morgan fingerprint density at radius 1 is 0.867 bits per heavy atom. The molecule has 0 aromatic heterocycles. The molecule has 1 amide bonds. The molecule has 1 atom stereocenters. The van der Waals surface area contributed by atoms with Crippen LogP contribution in [0.5, 0.6) is 0 Å². The maximum atomic E-state index is 13.3. The molecule has 152 valence electrons. The Bertz CT molecular complexity index is 1160. The predicted molar refractivity (Wildman–Crippen MR) is 110 cm³/mol. The fraction of sp³-hybridized carbons (Fsp3) is 0.318. The fourth-order valence-corrected chi connectivity index (χ4v) is 5.87. The molecule has 2 aliphatic heterocycles. The Morgan fingerprint density at radius 2 is 1.47 bits per heavy atom. The second-order valence-electron chi connectivity index (χ2n) is 7.72. The summed E-state index contributed by atoms with van der Waals surface area (Å²) in [6, 6.07) is 16.8. The second kappa shape index (κ2) is 7.56. The van der Waals surface area contributed by atoms with Crippen molar-refractivity contribution in [1.29, 1.82) is 10.5 Å². The average Bonchev–Trinajstić information content (AvgIpc) is 3.09. The first kappa shape index (κ1) is 20.1. The summed E-state index contributed by atoms with van der Waals surface area (Å²) in [5, 5.41) is 17.9. The van der Waals surface area contributed by atoms with Gasteiger partial charge in [-0.25, -0.2) is 8.42 Å². The van der Waals surface area contributed by atoms with Crippen LogP contribution >= 0.6 is 0 Å². The zero-order valence-electron chi connectivity index (χ0n) is 16.3. The predicted octanol–water partition coefficient (Wildman–Crippen LogP) is 2.64. The van der Waals surface area contributed by atoms with Crippen molar-refractivity contribution in [1.82, 2.24) is 4.31 Å². The highest BCUT2D eigenvalue weighted by Gasteiger charge is 2.51. The SMILES string of the molecule is N#Cc1ccc(N2CCC3(CCCN(S(=O)(=O)c4ccc(C#N)cc4)C3)C2=O)cc1. The number of sulfonamides is 1. The van der Waals surface area contributed by atoms with Gasteiger partial charge in [-0.1, -0.05) is 0 Å². The number of benzene rings is 2. The Morgan fingerprint density at radius 3 is 2.07 bits per heavy atom. The minimum Gasteiger partial charge on any atom is -0.312 e. The van der Waals surface area contributed by atoms with Crippen LogP contribution in [0.4, 0.5) is 5.69 Å².